The smallest absolute Gasteiger partial charge is 0.127 e. The van der Waals surface area contributed by atoms with Crippen molar-refractivity contribution in [3.05, 3.63) is 71.3 Å². The first-order chi connectivity index (χ1) is 10.2. The fourth-order valence-electron chi connectivity index (χ4n) is 2.82. The van der Waals surface area contributed by atoms with E-state index in [2.05, 4.69) is 10.2 Å². The van der Waals surface area contributed by atoms with Gasteiger partial charge in [-0.1, -0.05) is 30.3 Å². The van der Waals surface area contributed by atoms with E-state index in [0.29, 0.717) is 12.1 Å². The third kappa shape index (κ3) is 3.28. The molecular weight excluding hydrogens is 270 g/mol. The van der Waals surface area contributed by atoms with E-state index >= 15 is 0 Å². The van der Waals surface area contributed by atoms with Crippen LogP contribution in [0.1, 0.15) is 17.2 Å². The fraction of sp³-hybridized carbons (Fsp3) is 0.294. The van der Waals surface area contributed by atoms with E-state index in [0.717, 1.165) is 25.2 Å². The van der Waals surface area contributed by atoms with Crippen molar-refractivity contribution >= 4 is 0 Å². The topological polar surface area (TPSA) is 15.3 Å². The molecule has 1 heterocycles. The Hall–Kier alpha value is -1.78. The highest BCUT2D eigenvalue weighted by Gasteiger charge is 2.24. The molecule has 1 unspecified atom stereocenters. The van der Waals surface area contributed by atoms with Gasteiger partial charge in [-0.2, -0.15) is 0 Å². The molecule has 2 aromatic rings. The number of piperazine rings is 1. The largest absolute Gasteiger partial charge is 0.314 e. The number of nitrogens with one attached hydrogen (secondary N) is 1. The van der Waals surface area contributed by atoms with Crippen molar-refractivity contribution in [2.75, 3.05) is 19.6 Å². The zero-order valence-corrected chi connectivity index (χ0v) is 11.7. The Labute approximate surface area is 123 Å². The maximum Gasteiger partial charge on any atom is 0.127 e. The van der Waals surface area contributed by atoms with Crippen LogP contribution in [0, 0.1) is 11.6 Å². The average Bonchev–Trinajstić information content (AvgIpc) is 2.50. The molecule has 0 bridgehead atoms. The summed E-state index contributed by atoms with van der Waals surface area (Å²) >= 11 is 0. The second-order valence-electron chi connectivity index (χ2n) is 5.34. The summed E-state index contributed by atoms with van der Waals surface area (Å²) in [6, 6.07) is 13.5. The summed E-state index contributed by atoms with van der Waals surface area (Å²) in [5, 5.41) is 3.33. The van der Waals surface area contributed by atoms with Crippen LogP contribution in [0.5, 0.6) is 0 Å². The number of hydrogen-bond donors (Lipinski definition) is 1. The van der Waals surface area contributed by atoms with E-state index in [-0.39, 0.29) is 17.7 Å². The molecule has 1 aliphatic heterocycles. The summed E-state index contributed by atoms with van der Waals surface area (Å²) in [5.74, 6) is -0.419. The lowest BCUT2D eigenvalue weighted by molar-refractivity contribution is 0.151. The first-order valence-corrected chi connectivity index (χ1v) is 7.17. The van der Waals surface area contributed by atoms with E-state index in [9.17, 15) is 8.78 Å². The highest BCUT2D eigenvalue weighted by atomic mass is 19.1. The summed E-state index contributed by atoms with van der Waals surface area (Å²) in [5.41, 5.74) is 1.61. The summed E-state index contributed by atoms with van der Waals surface area (Å²) in [6.45, 7) is 2.96. The minimum Gasteiger partial charge on any atom is -0.314 e. The Bertz CT molecular complexity index is 615. The van der Waals surface area contributed by atoms with Crippen molar-refractivity contribution in [3.8, 4) is 0 Å². The van der Waals surface area contributed by atoms with E-state index in [1.807, 2.05) is 12.1 Å². The number of halogens is 2. The second kappa shape index (κ2) is 6.33. The standard InChI is InChI=1S/C17H18F2N2/c18-15-6-3-5-13(10-15)17-11-20-8-9-21(17)12-14-4-1-2-7-16(14)19/h1-7,10,17,20H,8-9,11-12H2. The average molecular weight is 288 g/mol. The van der Waals surface area contributed by atoms with Gasteiger partial charge in [-0.25, -0.2) is 8.78 Å². The number of nitrogens with zero attached hydrogens (tertiary/aromatic N) is 1. The quantitative estimate of drug-likeness (QED) is 0.933. The molecule has 3 rings (SSSR count). The van der Waals surface area contributed by atoms with Crippen molar-refractivity contribution in [1.82, 2.24) is 10.2 Å². The van der Waals surface area contributed by atoms with Gasteiger partial charge in [0.05, 0.1) is 0 Å². The molecule has 2 aromatic carbocycles. The van der Waals surface area contributed by atoms with Crippen LogP contribution in [0.25, 0.3) is 0 Å². The Morgan fingerprint density at radius 1 is 1.10 bits per heavy atom. The van der Waals surface area contributed by atoms with Crippen LogP contribution >= 0.6 is 0 Å². The predicted molar refractivity (Wildman–Crippen MR) is 78.8 cm³/mol. The fourth-order valence-corrected chi connectivity index (χ4v) is 2.82. The molecule has 0 radical (unpaired) electrons. The lowest BCUT2D eigenvalue weighted by atomic mass is 10.0. The molecule has 0 spiro atoms. The molecule has 2 nitrogen and oxygen atoms in total. The van der Waals surface area contributed by atoms with Crippen LogP contribution in [-0.4, -0.2) is 24.5 Å². The van der Waals surface area contributed by atoms with E-state index in [1.54, 1.807) is 24.3 Å². The minimum atomic E-state index is -0.232. The molecule has 21 heavy (non-hydrogen) atoms. The normalized spacial score (nSPS) is 19.6. The van der Waals surface area contributed by atoms with E-state index in [1.165, 1.54) is 12.1 Å². The van der Waals surface area contributed by atoms with Gasteiger partial charge in [-0.3, -0.25) is 4.90 Å². The van der Waals surface area contributed by atoms with Crippen molar-refractivity contribution in [2.45, 2.75) is 12.6 Å². The molecule has 0 amide bonds. The summed E-state index contributed by atoms with van der Waals surface area (Å²) in [7, 11) is 0. The van der Waals surface area contributed by atoms with Gasteiger partial charge in [0.25, 0.3) is 0 Å². The molecule has 1 N–H and O–H groups in total. The minimum absolute atomic E-state index is 0.0639. The molecule has 0 aromatic heterocycles. The molecule has 1 saturated heterocycles. The van der Waals surface area contributed by atoms with Gasteiger partial charge in [0.15, 0.2) is 0 Å². The highest BCUT2D eigenvalue weighted by molar-refractivity contribution is 5.23. The molecule has 1 aliphatic rings. The number of benzene rings is 2. The zero-order valence-electron chi connectivity index (χ0n) is 11.7. The SMILES string of the molecule is Fc1cccc(C2CNCCN2Cc2ccccc2F)c1. The maximum atomic E-state index is 13.8. The van der Waals surface area contributed by atoms with Crippen molar-refractivity contribution in [3.63, 3.8) is 0 Å². The molecule has 110 valence electrons. The molecule has 4 heteroatoms. The Morgan fingerprint density at radius 3 is 2.76 bits per heavy atom. The van der Waals surface area contributed by atoms with Crippen molar-refractivity contribution < 1.29 is 8.78 Å². The van der Waals surface area contributed by atoms with Gasteiger partial charge < -0.3 is 5.32 Å². The van der Waals surface area contributed by atoms with Gasteiger partial charge in [-0.15, -0.1) is 0 Å². The van der Waals surface area contributed by atoms with Crippen LogP contribution in [0.4, 0.5) is 8.78 Å². The number of rotatable bonds is 3. The van der Waals surface area contributed by atoms with Gasteiger partial charge in [-0.05, 0) is 23.8 Å². The van der Waals surface area contributed by atoms with Crippen LogP contribution in [-0.2, 0) is 6.54 Å². The molecule has 1 fully saturated rings. The lowest BCUT2D eigenvalue weighted by Gasteiger charge is -2.36. The highest BCUT2D eigenvalue weighted by Crippen LogP contribution is 2.25. The van der Waals surface area contributed by atoms with Crippen LogP contribution in [0.15, 0.2) is 48.5 Å². The van der Waals surface area contributed by atoms with Crippen LogP contribution in [0.3, 0.4) is 0 Å². The Balaban J connectivity index is 1.83. The molecule has 0 saturated carbocycles. The van der Waals surface area contributed by atoms with Crippen molar-refractivity contribution in [2.24, 2.45) is 0 Å². The Kier molecular flexibility index (Phi) is 4.27. The molecule has 0 aliphatic carbocycles. The van der Waals surface area contributed by atoms with Gasteiger partial charge in [0, 0.05) is 37.8 Å². The second-order valence-corrected chi connectivity index (χ2v) is 5.34. The maximum absolute atomic E-state index is 13.8. The molecular formula is C17H18F2N2. The first-order valence-electron chi connectivity index (χ1n) is 7.17. The Morgan fingerprint density at radius 2 is 1.95 bits per heavy atom. The number of hydrogen-bond acceptors (Lipinski definition) is 2. The van der Waals surface area contributed by atoms with Gasteiger partial charge >= 0.3 is 0 Å². The van der Waals surface area contributed by atoms with E-state index in [4.69, 9.17) is 0 Å². The summed E-state index contributed by atoms with van der Waals surface area (Å²) in [4.78, 5) is 2.20. The van der Waals surface area contributed by atoms with Gasteiger partial charge in [0.1, 0.15) is 11.6 Å². The first kappa shape index (κ1) is 14.2. The van der Waals surface area contributed by atoms with E-state index < -0.39 is 0 Å². The molecule has 1 atom stereocenters. The lowest BCUT2D eigenvalue weighted by Crippen LogP contribution is -2.45. The summed E-state index contributed by atoms with van der Waals surface area (Å²) in [6.07, 6.45) is 0. The van der Waals surface area contributed by atoms with Gasteiger partial charge in [0.2, 0.25) is 0 Å². The van der Waals surface area contributed by atoms with Crippen LogP contribution < -0.4 is 5.32 Å². The van der Waals surface area contributed by atoms with Crippen LogP contribution in [0.2, 0.25) is 0 Å². The predicted octanol–water partition coefficient (Wildman–Crippen LogP) is 3.11. The van der Waals surface area contributed by atoms with Crippen molar-refractivity contribution in [1.29, 1.82) is 0 Å². The zero-order chi connectivity index (χ0) is 14.7. The third-order valence-electron chi connectivity index (χ3n) is 3.92. The monoisotopic (exact) mass is 288 g/mol. The summed E-state index contributed by atoms with van der Waals surface area (Å²) < 4.78 is 27.3. The third-order valence-corrected chi connectivity index (χ3v) is 3.92.